The lowest BCUT2D eigenvalue weighted by Crippen LogP contribution is -2.60. The molecule has 0 radical (unpaired) electrons. The first-order valence-corrected chi connectivity index (χ1v) is 12.7. The monoisotopic (exact) mass is 539 g/mol. The normalized spacial score (nSPS) is 20.2. The molecule has 198 valence electrons. The van der Waals surface area contributed by atoms with E-state index in [1.165, 1.54) is 18.3 Å². The zero-order valence-electron chi connectivity index (χ0n) is 20.7. The number of benzene rings is 2. The van der Waals surface area contributed by atoms with Crippen molar-refractivity contribution in [1.29, 1.82) is 0 Å². The number of nitrogens with one attached hydrogen (secondary N) is 1. The number of ether oxygens (including phenoxy) is 1. The Morgan fingerprint density at radius 3 is 2.63 bits per heavy atom. The van der Waals surface area contributed by atoms with Crippen LogP contribution < -0.4 is 15.5 Å². The molecule has 2 heterocycles. The maximum absolute atomic E-state index is 14.4. The highest BCUT2D eigenvalue weighted by atomic mass is 35.5. The number of carbonyl (C=O) groups excluding carboxylic acids is 2. The van der Waals surface area contributed by atoms with Crippen molar-refractivity contribution in [2.75, 3.05) is 20.2 Å². The summed E-state index contributed by atoms with van der Waals surface area (Å²) in [5.74, 6) is -1.94. The largest absolute Gasteiger partial charge is 0.483 e. The first-order chi connectivity index (χ1) is 18.2. The molecule has 8 nitrogen and oxygen atoms in total. The number of carbonyl (C=O) groups is 2. The van der Waals surface area contributed by atoms with Crippen molar-refractivity contribution in [3.8, 4) is 5.75 Å². The molecule has 1 saturated carbocycles. The fourth-order valence-corrected chi connectivity index (χ4v) is 5.58. The van der Waals surface area contributed by atoms with Gasteiger partial charge in [0.15, 0.2) is 11.4 Å². The van der Waals surface area contributed by atoms with Crippen LogP contribution in [0.15, 0.2) is 59.5 Å². The minimum atomic E-state index is -0.729. The van der Waals surface area contributed by atoms with E-state index in [1.807, 2.05) is 30.3 Å². The van der Waals surface area contributed by atoms with Crippen LogP contribution in [0.3, 0.4) is 0 Å². The van der Waals surface area contributed by atoms with E-state index < -0.39 is 28.6 Å². The van der Waals surface area contributed by atoms with Gasteiger partial charge in [-0.05, 0) is 30.4 Å². The Hall–Kier alpha value is -3.69. The van der Waals surface area contributed by atoms with Gasteiger partial charge in [0.1, 0.15) is 18.0 Å². The number of aromatic nitrogens is 1. The Morgan fingerprint density at radius 1 is 1.18 bits per heavy atom. The number of aliphatic hydroxyl groups is 1. The van der Waals surface area contributed by atoms with Crippen LogP contribution in [0.25, 0.3) is 0 Å². The topological polar surface area (TPSA) is 101 Å². The summed E-state index contributed by atoms with van der Waals surface area (Å²) in [6, 6.07) is 13.6. The number of nitrogens with zero attached hydrogens (tertiary/aromatic N) is 2. The summed E-state index contributed by atoms with van der Waals surface area (Å²) in [5, 5.41) is 12.2. The number of hydrogen-bond donors (Lipinski definition) is 2. The zero-order valence-corrected chi connectivity index (χ0v) is 21.5. The highest BCUT2D eigenvalue weighted by Gasteiger charge is 2.51. The fraction of sp³-hybridized carbons (Fsp3) is 0.321. The summed E-state index contributed by atoms with van der Waals surface area (Å²) < 4.78 is 22.0. The fourth-order valence-electron chi connectivity index (χ4n) is 5.39. The van der Waals surface area contributed by atoms with E-state index in [1.54, 1.807) is 22.6 Å². The average Bonchev–Trinajstić information content (AvgIpc) is 2.89. The summed E-state index contributed by atoms with van der Waals surface area (Å²) in [6.45, 7) is 0.202. The van der Waals surface area contributed by atoms with E-state index in [9.17, 15) is 23.9 Å². The molecule has 3 aromatic rings. The Labute approximate surface area is 223 Å². The number of likely N-dealkylation sites (N-methyl/N-ethyl adjacent to an activating group) is 1. The van der Waals surface area contributed by atoms with Crippen molar-refractivity contribution < 1.29 is 23.8 Å². The summed E-state index contributed by atoms with van der Waals surface area (Å²) in [7, 11) is 1.66. The van der Waals surface area contributed by atoms with E-state index in [0.29, 0.717) is 19.4 Å². The van der Waals surface area contributed by atoms with Crippen molar-refractivity contribution in [2.45, 2.75) is 31.5 Å². The van der Waals surface area contributed by atoms with Gasteiger partial charge in [0, 0.05) is 38.5 Å². The minimum absolute atomic E-state index is 0.00481. The van der Waals surface area contributed by atoms with Crippen molar-refractivity contribution in [1.82, 2.24) is 14.8 Å². The van der Waals surface area contributed by atoms with Gasteiger partial charge in [-0.25, -0.2) is 4.39 Å². The van der Waals surface area contributed by atoms with Crippen LogP contribution >= 0.6 is 11.6 Å². The van der Waals surface area contributed by atoms with Gasteiger partial charge >= 0.3 is 0 Å². The van der Waals surface area contributed by atoms with E-state index in [-0.39, 0.29) is 53.3 Å². The number of fused-ring (bicyclic) bond motifs is 2. The summed E-state index contributed by atoms with van der Waals surface area (Å²) in [5.41, 5.74) is -0.502. The maximum atomic E-state index is 14.4. The average molecular weight is 540 g/mol. The van der Waals surface area contributed by atoms with Crippen molar-refractivity contribution in [3.05, 3.63) is 98.2 Å². The van der Waals surface area contributed by atoms with Gasteiger partial charge < -0.3 is 24.6 Å². The van der Waals surface area contributed by atoms with E-state index in [2.05, 4.69) is 5.32 Å². The van der Waals surface area contributed by atoms with Crippen LogP contribution in [-0.4, -0.2) is 46.6 Å². The van der Waals surface area contributed by atoms with Crippen LogP contribution in [0.4, 0.5) is 4.39 Å². The molecule has 0 unspecified atom stereocenters. The first kappa shape index (κ1) is 25.9. The molecular formula is C28H27ClFN3O5. The smallest absolute Gasteiger partial charge is 0.274 e. The lowest BCUT2D eigenvalue weighted by atomic mass is 9.67. The molecule has 2 amide bonds. The number of halogens is 2. The molecule has 1 spiro atoms. The number of hydrogen-bond acceptors (Lipinski definition) is 5. The Balaban J connectivity index is 1.56. The molecule has 5 rings (SSSR count). The second-order valence-electron chi connectivity index (χ2n) is 9.93. The lowest BCUT2D eigenvalue weighted by Gasteiger charge is -2.53. The standard InChI is InChI=1S/C28H27ClFN3O5/c1-32-16-28(10-18(11-28)14-34)33-13-20(26(36)31-12-19-8-5-9-21(29)22(19)30)24(35)25(23(33)27(32)37)38-15-17-6-3-2-4-7-17/h2-9,13,18,34H,10-12,14-16H2,1H3,(H,31,36)/t18-,28-. The molecule has 2 N–H and O–H groups in total. The third-order valence-electron chi connectivity index (χ3n) is 7.29. The minimum Gasteiger partial charge on any atom is -0.483 e. The van der Waals surface area contributed by atoms with Gasteiger partial charge in [0.05, 0.1) is 10.6 Å². The number of rotatable bonds is 7. The number of pyridine rings is 1. The summed E-state index contributed by atoms with van der Waals surface area (Å²) in [4.78, 5) is 41.7. The highest BCUT2D eigenvalue weighted by Crippen LogP contribution is 2.47. The van der Waals surface area contributed by atoms with Crippen LogP contribution in [0.1, 0.15) is 44.8 Å². The van der Waals surface area contributed by atoms with Crippen molar-refractivity contribution in [3.63, 3.8) is 0 Å². The highest BCUT2D eigenvalue weighted by molar-refractivity contribution is 6.30. The van der Waals surface area contributed by atoms with Gasteiger partial charge in [-0.2, -0.15) is 0 Å². The molecule has 38 heavy (non-hydrogen) atoms. The molecule has 0 atom stereocenters. The molecule has 0 saturated heterocycles. The predicted octanol–water partition coefficient (Wildman–Crippen LogP) is 3.33. The molecule has 0 bridgehead atoms. The molecule has 1 aliphatic carbocycles. The SMILES string of the molecule is CN1C[C@]2(C[C@@H](CO)C2)n2cc(C(=O)NCc3cccc(Cl)c3F)c(=O)c(OCc3ccccc3)c2C1=O. The number of aliphatic hydroxyl groups excluding tert-OH is 1. The summed E-state index contributed by atoms with van der Waals surface area (Å²) >= 11 is 5.85. The first-order valence-electron chi connectivity index (χ1n) is 12.3. The van der Waals surface area contributed by atoms with Crippen LogP contribution in [0.2, 0.25) is 5.02 Å². The van der Waals surface area contributed by atoms with Crippen LogP contribution in [-0.2, 0) is 18.7 Å². The Kier molecular flexibility index (Phi) is 6.98. The maximum Gasteiger partial charge on any atom is 0.274 e. The van der Waals surface area contributed by atoms with E-state index in [0.717, 1.165) is 5.56 Å². The van der Waals surface area contributed by atoms with Crippen LogP contribution in [0.5, 0.6) is 5.75 Å². The molecule has 2 aromatic carbocycles. The van der Waals surface area contributed by atoms with Gasteiger partial charge in [-0.3, -0.25) is 14.4 Å². The van der Waals surface area contributed by atoms with Crippen molar-refractivity contribution in [2.24, 2.45) is 5.92 Å². The van der Waals surface area contributed by atoms with E-state index in [4.69, 9.17) is 16.3 Å². The molecule has 1 aliphatic heterocycles. The molecule has 2 aliphatic rings. The Morgan fingerprint density at radius 2 is 1.92 bits per heavy atom. The Bertz CT molecular complexity index is 1450. The third-order valence-corrected chi connectivity index (χ3v) is 7.59. The van der Waals surface area contributed by atoms with Gasteiger partial charge in [0.25, 0.3) is 11.8 Å². The molecule has 1 aromatic heterocycles. The van der Waals surface area contributed by atoms with Crippen LogP contribution in [0, 0.1) is 11.7 Å². The molecule has 1 fully saturated rings. The zero-order chi connectivity index (χ0) is 27.0. The quantitative estimate of drug-likeness (QED) is 0.480. The lowest BCUT2D eigenvalue weighted by molar-refractivity contribution is -0.0105. The second-order valence-corrected chi connectivity index (χ2v) is 10.3. The predicted molar refractivity (Wildman–Crippen MR) is 139 cm³/mol. The summed E-state index contributed by atoms with van der Waals surface area (Å²) in [6.07, 6.45) is 2.54. The molecule has 10 heteroatoms. The third kappa shape index (κ3) is 4.56. The molecular weight excluding hydrogens is 513 g/mol. The number of amides is 2. The van der Waals surface area contributed by atoms with Gasteiger partial charge in [-0.1, -0.05) is 54.1 Å². The van der Waals surface area contributed by atoms with Crippen molar-refractivity contribution >= 4 is 23.4 Å². The second kappa shape index (κ2) is 10.2. The van der Waals surface area contributed by atoms with E-state index >= 15 is 0 Å². The van der Waals surface area contributed by atoms with Gasteiger partial charge in [-0.15, -0.1) is 0 Å². The van der Waals surface area contributed by atoms with Gasteiger partial charge in [0.2, 0.25) is 5.43 Å².